The molecule has 0 amide bonds. The van der Waals surface area contributed by atoms with Crippen LogP contribution in [-0.2, 0) is 7.05 Å². The van der Waals surface area contributed by atoms with Crippen LogP contribution in [0.1, 0.15) is 12.8 Å². The maximum Gasteiger partial charge on any atom is 0.316 e. The lowest BCUT2D eigenvalue weighted by Crippen LogP contribution is -2.51. The normalized spacial score (nSPS) is 24.7. The third kappa shape index (κ3) is 1.86. The van der Waals surface area contributed by atoms with Crippen molar-refractivity contribution < 1.29 is 0 Å². The first kappa shape index (κ1) is 12.5. The minimum absolute atomic E-state index is 0.401. The van der Waals surface area contributed by atoms with Crippen LogP contribution in [0.2, 0.25) is 0 Å². The molecular formula is C13H16N6O2. The number of hydrogen-bond acceptors (Lipinski definition) is 6. The van der Waals surface area contributed by atoms with Crippen LogP contribution in [0.4, 0.5) is 5.82 Å². The van der Waals surface area contributed by atoms with Crippen LogP contribution in [0.15, 0.2) is 15.9 Å². The van der Waals surface area contributed by atoms with Crippen LogP contribution in [0.5, 0.6) is 0 Å². The molecule has 0 saturated carbocycles. The van der Waals surface area contributed by atoms with E-state index in [2.05, 4.69) is 25.2 Å². The van der Waals surface area contributed by atoms with Crippen molar-refractivity contribution >= 4 is 17.0 Å². The van der Waals surface area contributed by atoms with Crippen molar-refractivity contribution in [1.82, 2.24) is 24.8 Å². The van der Waals surface area contributed by atoms with Gasteiger partial charge in [-0.3, -0.25) is 9.59 Å². The van der Waals surface area contributed by atoms with Gasteiger partial charge in [0.1, 0.15) is 11.8 Å². The van der Waals surface area contributed by atoms with Gasteiger partial charge in [0, 0.05) is 32.2 Å². The molecule has 2 aromatic rings. The summed E-state index contributed by atoms with van der Waals surface area (Å²) in [5.41, 5.74) is -0.256. The number of nitrogens with zero attached hydrogens (tertiary/aromatic N) is 4. The predicted octanol–water partition coefficient (Wildman–Crippen LogP) is -1.04. The summed E-state index contributed by atoms with van der Waals surface area (Å²) < 4.78 is 1.34. The predicted molar refractivity (Wildman–Crippen MR) is 77.6 cm³/mol. The number of H-pyrrole nitrogens is 1. The lowest BCUT2D eigenvalue weighted by Gasteiger charge is -2.34. The molecule has 0 aliphatic carbocycles. The fraction of sp³-hybridized carbons (Fsp3) is 0.538. The summed E-state index contributed by atoms with van der Waals surface area (Å²) in [5, 5.41) is 3.56. The summed E-state index contributed by atoms with van der Waals surface area (Å²) in [5.74, 6) is 0.717. The van der Waals surface area contributed by atoms with Gasteiger partial charge in [0.25, 0.3) is 0 Å². The Morgan fingerprint density at radius 3 is 2.62 bits per heavy atom. The average molecular weight is 288 g/mol. The number of rotatable bonds is 1. The fourth-order valence-electron chi connectivity index (χ4n) is 3.39. The highest BCUT2D eigenvalue weighted by Crippen LogP contribution is 2.26. The third-order valence-electron chi connectivity index (χ3n) is 4.39. The lowest BCUT2D eigenvalue weighted by molar-refractivity contribution is 0.463. The summed E-state index contributed by atoms with van der Waals surface area (Å²) in [6.45, 7) is 1.71. The Morgan fingerprint density at radius 1 is 1.19 bits per heavy atom. The second-order valence-electron chi connectivity index (χ2n) is 5.76. The van der Waals surface area contributed by atoms with Gasteiger partial charge in [0.2, 0.25) is 0 Å². The number of aromatic amines is 1. The first-order valence-electron chi connectivity index (χ1n) is 7.08. The van der Waals surface area contributed by atoms with Crippen molar-refractivity contribution in [2.24, 2.45) is 7.05 Å². The van der Waals surface area contributed by atoms with Crippen LogP contribution < -0.4 is 21.3 Å². The number of anilines is 1. The Balaban J connectivity index is 1.91. The molecule has 2 bridgehead atoms. The van der Waals surface area contributed by atoms with E-state index >= 15 is 0 Å². The number of nitrogens with one attached hydrogen (secondary N) is 2. The minimum atomic E-state index is -0.657. The van der Waals surface area contributed by atoms with Gasteiger partial charge < -0.3 is 19.8 Å². The molecule has 2 aliphatic heterocycles. The molecule has 2 saturated heterocycles. The molecule has 2 atom stereocenters. The van der Waals surface area contributed by atoms with E-state index in [1.54, 1.807) is 7.05 Å². The standard InChI is InChI=1S/C13H16N6O2/c1-18-9-10(17-12(20)13(18)21)14-6-15-11(9)19-4-7-2-3-8(5-19)16-7/h6-8,16H,2-5H2,1H3,(H,14,15,17,20). The van der Waals surface area contributed by atoms with Gasteiger partial charge in [-0.15, -0.1) is 0 Å². The number of fused-ring (bicyclic) bond motifs is 3. The number of aromatic nitrogens is 4. The van der Waals surface area contributed by atoms with Crippen molar-refractivity contribution in [3.8, 4) is 0 Å². The summed E-state index contributed by atoms with van der Waals surface area (Å²) in [7, 11) is 1.59. The van der Waals surface area contributed by atoms with Crippen LogP contribution >= 0.6 is 0 Å². The fourth-order valence-corrected chi connectivity index (χ4v) is 3.39. The molecule has 4 heterocycles. The average Bonchev–Trinajstić information content (AvgIpc) is 2.82. The highest BCUT2D eigenvalue weighted by molar-refractivity contribution is 5.83. The van der Waals surface area contributed by atoms with Gasteiger partial charge in [-0.25, -0.2) is 9.97 Å². The second-order valence-corrected chi connectivity index (χ2v) is 5.76. The molecule has 2 fully saturated rings. The first-order valence-corrected chi connectivity index (χ1v) is 7.08. The maximum absolute atomic E-state index is 11.9. The smallest absolute Gasteiger partial charge is 0.316 e. The summed E-state index contributed by atoms with van der Waals surface area (Å²) in [4.78, 5) is 36.6. The Bertz CT molecular complexity index is 814. The van der Waals surface area contributed by atoms with Gasteiger partial charge in [-0.1, -0.05) is 0 Å². The van der Waals surface area contributed by atoms with Crippen molar-refractivity contribution in [2.45, 2.75) is 24.9 Å². The Morgan fingerprint density at radius 2 is 1.90 bits per heavy atom. The molecule has 4 rings (SSSR count). The molecule has 2 N–H and O–H groups in total. The highest BCUT2D eigenvalue weighted by atomic mass is 16.2. The second kappa shape index (κ2) is 4.39. The van der Waals surface area contributed by atoms with Crippen LogP contribution in [0, 0.1) is 0 Å². The molecular weight excluding hydrogens is 272 g/mol. The Kier molecular flexibility index (Phi) is 2.61. The molecule has 0 radical (unpaired) electrons. The van der Waals surface area contributed by atoms with Gasteiger partial charge in [0.15, 0.2) is 11.5 Å². The van der Waals surface area contributed by atoms with E-state index in [0.717, 1.165) is 13.1 Å². The van der Waals surface area contributed by atoms with E-state index in [9.17, 15) is 9.59 Å². The van der Waals surface area contributed by atoms with Crippen LogP contribution in [0.25, 0.3) is 11.2 Å². The molecule has 2 aliphatic rings. The molecule has 0 aromatic carbocycles. The molecule has 2 aromatic heterocycles. The maximum atomic E-state index is 11.9. The van der Waals surface area contributed by atoms with Gasteiger partial charge >= 0.3 is 11.1 Å². The zero-order valence-corrected chi connectivity index (χ0v) is 11.7. The molecule has 2 unspecified atom stereocenters. The van der Waals surface area contributed by atoms with Crippen molar-refractivity contribution in [2.75, 3.05) is 18.0 Å². The molecule has 0 spiro atoms. The van der Waals surface area contributed by atoms with Crippen LogP contribution in [-0.4, -0.2) is 44.7 Å². The quantitative estimate of drug-likeness (QED) is 0.651. The minimum Gasteiger partial charge on any atom is -0.352 e. The number of hydrogen-bond donors (Lipinski definition) is 2. The van der Waals surface area contributed by atoms with Crippen molar-refractivity contribution in [3.05, 3.63) is 27.0 Å². The summed E-state index contributed by atoms with van der Waals surface area (Å²) >= 11 is 0. The van der Waals surface area contributed by atoms with E-state index in [-0.39, 0.29) is 0 Å². The Hall–Kier alpha value is -2.22. The van der Waals surface area contributed by atoms with Gasteiger partial charge in [0.05, 0.1) is 0 Å². The van der Waals surface area contributed by atoms with Crippen LogP contribution in [0.3, 0.4) is 0 Å². The molecule has 110 valence electrons. The summed E-state index contributed by atoms with van der Waals surface area (Å²) in [6, 6.07) is 0.933. The third-order valence-corrected chi connectivity index (χ3v) is 4.39. The zero-order chi connectivity index (χ0) is 14.6. The summed E-state index contributed by atoms with van der Waals surface area (Å²) in [6.07, 6.45) is 3.77. The largest absolute Gasteiger partial charge is 0.352 e. The van der Waals surface area contributed by atoms with Gasteiger partial charge in [-0.05, 0) is 12.8 Å². The monoisotopic (exact) mass is 288 g/mol. The molecule has 8 heteroatoms. The first-order chi connectivity index (χ1) is 10.1. The Labute approximate surface area is 119 Å². The zero-order valence-electron chi connectivity index (χ0n) is 11.7. The van der Waals surface area contributed by atoms with E-state index in [0.29, 0.717) is 29.1 Å². The number of piperazine rings is 1. The van der Waals surface area contributed by atoms with E-state index in [1.165, 1.54) is 23.7 Å². The lowest BCUT2D eigenvalue weighted by atomic mass is 10.2. The number of aryl methyl sites for hydroxylation is 1. The van der Waals surface area contributed by atoms with E-state index < -0.39 is 11.1 Å². The van der Waals surface area contributed by atoms with E-state index in [4.69, 9.17) is 0 Å². The molecule has 21 heavy (non-hydrogen) atoms. The van der Waals surface area contributed by atoms with Crippen molar-refractivity contribution in [3.63, 3.8) is 0 Å². The SMILES string of the molecule is Cn1c(=O)c(=O)[nH]c2ncnc(N3CC4CCC(C3)N4)c21. The molecule has 8 nitrogen and oxygen atoms in total. The van der Waals surface area contributed by atoms with Gasteiger partial charge in [-0.2, -0.15) is 0 Å². The highest BCUT2D eigenvalue weighted by Gasteiger charge is 2.33. The van der Waals surface area contributed by atoms with Crippen molar-refractivity contribution in [1.29, 1.82) is 0 Å². The van der Waals surface area contributed by atoms with E-state index in [1.807, 2.05) is 0 Å². The topological polar surface area (TPSA) is 95.9 Å².